The molecule has 0 unspecified atom stereocenters. The first-order valence-corrected chi connectivity index (χ1v) is 7.54. The standard InChI is InChI=1S/C15H19N3S/c16-14-4-1-3-13(11-14)12-17-6-8-18(9-7-17)15-5-2-10-19-15/h1-5,10-11H,6-9,12,16H2. The van der Waals surface area contributed by atoms with Crippen LogP contribution in [0.2, 0.25) is 0 Å². The maximum Gasteiger partial charge on any atom is 0.0909 e. The Bertz CT molecular complexity index is 516. The highest BCUT2D eigenvalue weighted by atomic mass is 32.1. The summed E-state index contributed by atoms with van der Waals surface area (Å²) in [5, 5.41) is 3.54. The van der Waals surface area contributed by atoms with Crippen LogP contribution in [0.3, 0.4) is 0 Å². The Morgan fingerprint density at radius 1 is 1.05 bits per heavy atom. The fourth-order valence-corrected chi connectivity index (χ4v) is 3.31. The number of nitrogen functional groups attached to an aromatic ring is 1. The zero-order valence-electron chi connectivity index (χ0n) is 11.0. The highest BCUT2D eigenvalue weighted by molar-refractivity contribution is 7.14. The van der Waals surface area contributed by atoms with Crippen LogP contribution in [-0.2, 0) is 6.54 Å². The van der Waals surface area contributed by atoms with Crippen LogP contribution in [0.15, 0.2) is 41.8 Å². The summed E-state index contributed by atoms with van der Waals surface area (Å²) in [5.41, 5.74) is 7.99. The monoisotopic (exact) mass is 273 g/mol. The van der Waals surface area contributed by atoms with Gasteiger partial charge in [-0.2, -0.15) is 0 Å². The number of anilines is 2. The van der Waals surface area contributed by atoms with Crippen molar-refractivity contribution in [3.8, 4) is 0 Å². The fourth-order valence-electron chi connectivity index (χ4n) is 2.53. The maximum atomic E-state index is 5.82. The molecule has 0 saturated carbocycles. The molecule has 1 aromatic heterocycles. The molecule has 2 aromatic rings. The normalized spacial score (nSPS) is 16.7. The molecule has 1 fully saturated rings. The lowest BCUT2D eigenvalue weighted by molar-refractivity contribution is 0.250. The van der Waals surface area contributed by atoms with E-state index in [0.29, 0.717) is 0 Å². The van der Waals surface area contributed by atoms with Crippen LogP contribution in [0.5, 0.6) is 0 Å². The van der Waals surface area contributed by atoms with Crippen LogP contribution in [0.25, 0.3) is 0 Å². The number of piperazine rings is 1. The minimum absolute atomic E-state index is 0.856. The van der Waals surface area contributed by atoms with Gasteiger partial charge >= 0.3 is 0 Å². The van der Waals surface area contributed by atoms with E-state index >= 15 is 0 Å². The van der Waals surface area contributed by atoms with Crippen LogP contribution in [0.1, 0.15) is 5.56 Å². The molecule has 100 valence electrons. The summed E-state index contributed by atoms with van der Waals surface area (Å²) in [6.07, 6.45) is 0. The van der Waals surface area contributed by atoms with Gasteiger partial charge in [0.25, 0.3) is 0 Å². The van der Waals surface area contributed by atoms with E-state index in [1.165, 1.54) is 10.6 Å². The first-order chi connectivity index (χ1) is 9.31. The second-order valence-electron chi connectivity index (χ2n) is 4.96. The lowest BCUT2D eigenvalue weighted by Crippen LogP contribution is -2.45. The van der Waals surface area contributed by atoms with E-state index in [0.717, 1.165) is 38.4 Å². The average Bonchev–Trinajstić information content (AvgIpc) is 2.94. The first-order valence-electron chi connectivity index (χ1n) is 6.66. The molecule has 0 aliphatic carbocycles. The van der Waals surface area contributed by atoms with E-state index in [4.69, 9.17) is 5.73 Å². The summed E-state index contributed by atoms with van der Waals surface area (Å²) in [6, 6.07) is 12.5. The predicted octanol–water partition coefficient (Wildman–Crippen LogP) is 2.65. The largest absolute Gasteiger partial charge is 0.399 e. The molecule has 3 nitrogen and oxygen atoms in total. The third-order valence-electron chi connectivity index (χ3n) is 3.55. The van der Waals surface area contributed by atoms with Crippen LogP contribution < -0.4 is 10.6 Å². The second kappa shape index (κ2) is 5.63. The van der Waals surface area contributed by atoms with E-state index in [2.05, 4.69) is 39.4 Å². The van der Waals surface area contributed by atoms with E-state index in [1.807, 2.05) is 23.5 Å². The van der Waals surface area contributed by atoms with E-state index in [-0.39, 0.29) is 0 Å². The summed E-state index contributed by atoms with van der Waals surface area (Å²) >= 11 is 1.83. The van der Waals surface area contributed by atoms with Gasteiger partial charge in [0.2, 0.25) is 0 Å². The Morgan fingerprint density at radius 3 is 2.58 bits per heavy atom. The Morgan fingerprint density at radius 2 is 1.89 bits per heavy atom. The molecule has 0 spiro atoms. The summed E-state index contributed by atoms with van der Waals surface area (Å²) in [5.74, 6) is 0. The van der Waals surface area contributed by atoms with Crippen molar-refractivity contribution in [2.24, 2.45) is 0 Å². The zero-order valence-corrected chi connectivity index (χ0v) is 11.8. The minimum atomic E-state index is 0.856. The fraction of sp³-hybridized carbons (Fsp3) is 0.333. The molecule has 19 heavy (non-hydrogen) atoms. The van der Waals surface area contributed by atoms with Crippen LogP contribution in [0.4, 0.5) is 10.7 Å². The summed E-state index contributed by atoms with van der Waals surface area (Å²) < 4.78 is 0. The van der Waals surface area contributed by atoms with Crippen molar-refractivity contribution < 1.29 is 0 Å². The molecule has 3 rings (SSSR count). The number of rotatable bonds is 3. The van der Waals surface area contributed by atoms with Crippen molar-refractivity contribution in [2.75, 3.05) is 36.8 Å². The molecule has 2 N–H and O–H groups in total. The third kappa shape index (κ3) is 3.08. The summed E-state index contributed by atoms with van der Waals surface area (Å²) in [4.78, 5) is 4.97. The van der Waals surface area contributed by atoms with Crippen LogP contribution >= 0.6 is 11.3 Å². The van der Waals surface area contributed by atoms with Gasteiger partial charge in [-0.25, -0.2) is 0 Å². The average molecular weight is 273 g/mol. The molecule has 0 radical (unpaired) electrons. The third-order valence-corrected chi connectivity index (χ3v) is 4.48. The van der Waals surface area contributed by atoms with Crippen molar-refractivity contribution in [1.82, 2.24) is 4.90 Å². The van der Waals surface area contributed by atoms with Gasteiger partial charge in [0.05, 0.1) is 5.00 Å². The quantitative estimate of drug-likeness (QED) is 0.873. The Labute approximate surface area is 118 Å². The highest BCUT2D eigenvalue weighted by Gasteiger charge is 2.17. The number of hydrogen-bond donors (Lipinski definition) is 1. The predicted molar refractivity (Wildman–Crippen MR) is 82.7 cm³/mol. The summed E-state index contributed by atoms with van der Waals surface area (Å²) in [6.45, 7) is 5.47. The first kappa shape index (κ1) is 12.5. The number of hydrogen-bond acceptors (Lipinski definition) is 4. The minimum Gasteiger partial charge on any atom is -0.399 e. The smallest absolute Gasteiger partial charge is 0.0909 e. The van der Waals surface area contributed by atoms with Crippen LogP contribution in [-0.4, -0.2) is 31.1 Å². The molecule has 0 amide bonds. The van der Waals surface area contributed by atoms with Gasteiger partial charge in [0.15, 0.2) is 0 Å². The SMILES string of the molecule is Nc1cccc(CN2CCN(c3cccs3)CC2)c1. The second-order valence-corrected chi connectivity index (χ2v) is 5.89. The molecular weight excluding hydrogens is 254 g/mol. The molecule has 1 aromatic carbocycles. The molecular formula is C15H19N3S. The Hall–Kier alpha value is -1.52. The lowest BCUT2D eigenvalue weighted by Gasteiger charge is -2.35. The van der Waals surface area contributed by atoms with Crippen molar-refractivity contribution in [2.45, 2.75) is 6.54 Å². The number of nitrogens with zero attached hydrogens (tertiary/aromatic N) is 2. The Balaban J connectivity index is 1.56. The van der Waals surface area contributed by atoms with Crippen molar-refractivity contribution in [1.29, 1.82) is 0 Å². The summed E-state index contributed by atoms with van der Waals surface area (Å²) in [7, 11) is 0. The molecule has 1 saturated heterocycles. The topological polar surface area (TPSA) is 32.5 Å². The molecule has 4 heteroatoms. The molecule has 1 aliphatic rings. The Kier molecular flexibility index (Phi) is 3.71. The van der Waals surface area contributed by atoms with Gasteiger partial charge < -0.3 is 10.6 Å². The van der Waals surface area contributed by atoms with Gasteiger partial charge in [0.1, 0.15) is 0 Å². The van der Waals surface area contributed by atoms with Gasteiger partial charge in [-0.05, 0) is 35.2 Å². The van der Waals surface area contributed by atoms with Gasteiger partial charge in [-0.15, -0.1) is 11.3 Å². The zero-order chi connectivity index (χ0) is 13.1. The van der Waals surface area contributed by atoms with Crippen molar-refractivity contribution >= 4 is 22.0 Å². The van der Waals surface area contributed by atoms with Gasteiger partial charge in [-0.1, -0.05) is 12.1 Å². The molecule has 0 atom stereocenters. The molecule has 2 heterocycles. The lowest BCUT2D eigenvalue weighted by atomic mass is 10.2. The van der Waals surface area contributed by atoms with Gasteiger partial charge in [0, 0.05) is 38.4 Å². The van der Waals surface area contributed by atoms with Gasteiger partial charge in [-0.3, -0.25) is 4.90 Å². The number of benzene rings is 1. The van der Waals surface area contributed by atoms with E-state index in [9.17, 15) is 0 Å². The number of thiophene rings is 1. The number of nitrogens with two attached hydrogens (primary N) is 1. The molecule has 0 bridgehead atoms. The van der Waals surface area contributed by atoms with E-state index < -0.39 is 0 Å². The van der Waals surface area contributed by atoms with Crippen molar-refractivity contribution in [3.05, 3.63) is 47.3 Å². The highest BCUT2D eigenvalue weighted by Crippen LogP contribution is 2.22. The molecule has 1 aliphatic heterocycles. The van der Waals surface area contributed by atoms with Crippen LogP contribution in [0, 0.1) is 0 Å². The maximum absolute atomic E-state index is 5.82. The van der Waals surface area contributed by atoms with Crippen molar-refractivity contribution in [3.63, 3.8) is 0 Å². The van der Waals surface area contributed by atoms with E-state index in [1.54, 1.807) is 0 Å².